The molecule has 0 aromatic heterocycles. The highest BCUT2D eigenvalue weighted by Crippen LogP contribution is 2.26. The van der Waals surface area contributed by atoms with Gasteiger partial charge in [-0.2, -0.15) is 0 Å². The summed E-state index contributed by atoms with van der Waals surface area (Å²) >= 11 is 1.18. The Kier molecular flexibility index (Phi) is 61.6. The first kappa shape index (κ1) is 118. The van der Waals surface area contributed by atoms with Crippen molar-refractivity contribution in [2.45, 2.75) is 76.6 Å². The van der Waals surface area contributed by atoms with Crippen LogP contribution in [0.1, 0.15) is 63.5 Å². The number of nitrogens with zero attached hydrogens (tertiary/aromatic N) is 13. The maximum atomic E-state index is 14.9. The lowest BCUT2D eigenvalue weighted by Crippen LogP contribution is -2.54. The molecule has 0 radical (unpaired) electrons. The Morgan fingerprint density at radius 3 is 0.910 bits per heavy atom. The van der Waals surface area contributed by atoms with Crippen LogP contribution in [0.25, 0.3) is 0 Å². The van der Waals surface area contributed by atoms with Gasteiger partial charge < -0.3 is 127 Å². The SMILES string of the molecule is COCCN(CC(N)=O)C(=O)CN(CCOC)C(=O)CN(CCOC)C(=O)CN(CCc1ccccc1)C(=O)CN(CCOC)C(=O)CN(CCOC)C(=O)CN(CCOC)C(=O)CN(CCOC)C(=O)CN(CCOC)C(=O)CN(CCc1ccccc1)C(=O)CN(CCOC)C(=O)CN(CCOC)C(=O)CCCCCNC(=O)CCN1C(=O)CC(SCC(O)COCC(C)C)C1=O. The molecule has 2 atom stereocenters. The Bertz CT molecular complexity index is 3870. The van der Waals surface area contributed by atoms with Gasteiger partial charge in [0.2, 0.25) is 94.5 Å². The van der Waals surface area contributed by atoms with E-state index in [2.05, 4.69) is 5.32 Å². The number of unbranched alkanes of at least 4 members (excludes halogenated alkanes) is 2. The summed E-state index contributed by atoms with van der Waals surface area (Å²) in [5.41, 5.74) is 7.04. The number of aliphatic hydroxyl groups is 1. The van der Waals surface area contributed by atoms with E-state index in [0.29, 0.717) is 31.8 Å². The van der Waals surface area contributed by atoms with E-state index in [1.165, 1.54) is 117 Å². The lowest BCUT2D eigenvalue weighted by Gasteiger charge is -2.33. The number of thioether (sulfide) groups is 1. The Labute approximate surface area is 791 Å². The minimum Gasteiger partial charge on any atom is -0.390 e. The molecule has 134 heavy (non-hydrogen) atoms. The zero-order chi connectivity index (χ0) is 99.1. The summed E-state index contributed by atoms with van der Waals surface area (Å²) in [6, 6.07) is 18.2. The van der Waals surface area contributed by atoms with Crippen molar-refractivity contribution < 1.29 is 134 Å². The molecular formula is C90H147N15O28S. The van der Waals surface area contributed by atoms with Crippen LogP contribution in [0.3, 0.4) is 0 Å². The van der Waals surface area contributed by atoms with Crippen LogP contribution in [0, 0.1) is 5.92 Å². The van der Waals surface area contributed by atoms with Crippen LogP contribution in [0.4, 0.5) is 0 Å². The van der Waals surface area contributed by atoms with Crippen molar-refractivity contribution in [2.24, 2.45) is 11.7 Å². The molecule has 0 spiro atoms. The van der Waals surface area contributed by atoms with Crippen molar-refractivity contribution in [1.29, 1.82) is 0 Å². The van der Waals surface area contributed by atoms with E-state index in [1.807, 2.05) is 62.4 Å². The number of benzene rings is 2. The third-order valence-electron chi connectivity index (χ3n) is 21.3. The molecule has 2 unspecified atom stereocenters. The van der Waals surface area contributed by atoms with Crippen LogP contribution < -0.4 is 11.1 Å². The fraction of sp³-hybridized carbons (Fsp3) is 0.689. The number of carbonyl (C=O) groups is 16. The molecule has 43 nitrogen and oxygen atoms in total. The first-order valence-corrected chi connectivity index (χ1v) is 46.0. The summed E-state index contributed by atoms with van der Waals surface area (Å²) in [5, 5.41) is 12.4. The van der Waals surface area contributed by atoms with Gasteiger partial charge in [0.05, 0.1) is 163 Å². The van der Waals surface area contributed by atoms with Gasteiger partial charge in [-0.25, -0.2) is 0 Å². The second-order valence-corrected chi connectivity index (χ2v) is 33.3. The number of ether oxygens (including phenoxy) is 11. The lowest BCUT2D eigenvalue weighted by atomic mass is 10.1. The number of imide groups is 1. The molecule has 1 saturated heterocycles. The number of hydrogen-bond acceptors (Lipinski definition) is 29. The highest BCUT2D eigenvalue weighted by atomic mass is 32.2. The molecule has 756 valence electrons. The Morgan fingerprint density at radius 1 is 0.373 bits per heavy atom. The highest BCUT2D eigenvalue weighted by molar-refractivity contribution is 8.00. The smallest absolute Gasteiger partial charge is 0.242 e. The first-order chi connectivity index (χ1) is 64.3. The topological polar surface area (TPSA) is 475 Å². The van der Waals surface area contributed by atoms with Gasteiger partial charge in [0, 0.05) is 194 Å². The maximum absolute atomic E-state index is 14.9. The van der Waals surface area contributed by atoms with Gasteiger partial charge in [-0.05, 0) is 42.7 Å². The molecule has 16 amide bonds. The van der Waals surface area contributed by atoms with Crippen LogP contribution in [-0.4, -0.2) is 501 Å². The van der Waals surface area contributed by atoms with Crippen molar-refractivity contribution in [3.8, 4) is 0 Å². The van der Waals surface area contributed by atoms with Crippen molar-refractivity contribution in [3.05, 3.63) is 71.8 Å². The zero-order valence-electron chi connectivity index (χ0n) is 80.5. The number of amides is 16. The van der Waals surface area contributed by atoms with Crippen molar-refractivity contribution in [1.82, 2.24) is 69.0 Å². The Hall–Kier alpha value is -9.97. The predicted molar refractivity (Wildman–Crippen MR) is 493 cm³/mol. The van der Waals surface area contributed by atoms with E-state index >= 15 is 0 Å². The molecule has 2 aromatic carbocycles. The molecule has 0 saturated carbocycles. The number of primary amides is 1. The van der Waals surface area contributed by atoms with Crippen LogP contribution in [0.15, 0.2) is 60.7 Å². The average Bonchev–Trinajstić information content (AvgIpc) is 1.65. The quantitative estimate of drug-likeness (QED) is 0.0449. The summed E-state index contributed by atoms with van der Waals surface area (Å²) in [6.07, 6.45) is 0.919. The summed E-state index contributed by atoms with van der Waals surface area (Å²) in [5.74, 6) is -9.62. The number of carbonyl (C=O) groups excluding carboxylic acids is 16. The number of hydrogen-bond donors (Lipinski definition) is 3. The third-order valence-corrected chi connectivity index (χ3v) is 22.6. The molecule has 1 aliphatic rings. The fourth-order valence-electron chi connectivity index (χ4n) is 13.4. The summed E-state index contributed by atoms with van der Waals surface area (Å²) in [4.78, 5) is 241. The maximum Gasteiger partial charge on any atom is 0.242 e. The van der Waals surface area contributed by atoms with Crippen LogP contribution in [0.2, 0.25) is 0 Å². The van der Waals surface area contributed by atoms with E-state index in [1.54, 1.807) is 12.1 Å². The largest absolute Gasteiger partial charge is 0.390 e. The van der Waals surface area contributed by atoms with E-state index in [4.69, 9.17) is 57.8 Å². The number of aliphatic hydroxyl groups excluding tert-OH is 1. The Morgan fingerprint density at radius 2 is 0.642 bits per heavy atom. The number of likely N-dealkylation sites (tertiary alicyclic amines) is 1. The molecule has 0 bridgehead atoms. The summed E-state index contributed by atoms with van der Waals surface area (Å²) < 4.78 is 58.8. The zero-order valence-corrected chi connectivity index (χ0v) is 81.3. The normalized spacial score (nSPS) is 12.6. The van der Waals surface area contributed by atoms with Crippen molar-refractivity contribution >= 4 is 106 Å². The number of methoxy groups -OCH3 is 10. The van der Waals surface area contributed by atoms with Crippen LogP contribution >= 0.6 is 11.8 Å². The number of rotatable bonds is 76. The van der Waals surface area contributed by atoms with Gasteiger partial charge in [0.15, 0.2) is 0 Å². The molecule has 3 rings (SSSR count). The van der Waals surface area contributed by atoms with Gasteiger partial charge in [0.25, 0.3) is 0 Å². The number of nitrogens with one attached hydrogen (secondary N) is 1. The van der Waals surface area contributed by atoms with Gasteiger partial charge >= 0.3 is 0 Å². The second kappa shape index (κ2) is 69.8. The van der Waals surface area contributed by atoms with Gasteiger partial charge in [-0.15, -0.1) is 11.8 Å². The predicted octanol–water partition coefficient (Wildman–Crippen LogP) is -2.67. The van der Waals surface area contributed by atoms with E-state index in [-0.39, 0.29) is 214 Å². The molecule has 4 N–H and O–H groups in total. The van der Waals surface area contributed by atoms with E-state index in [9.17, 15) is 81.8 Å². The van der Waals surface area contributed by atoms with Crippen LogP contribution in [0.5, 0.6) is 0 Å². The van der Waals surface area contributed by atoms with Crippen LogP contribution in [-0.2, 0) is 142 Å². The highest BCUT2D eigenvalue weighted by Gasteiger charge is 2.40. The van der Waals surface area contributed by atoms with Crippen molar-refractivity contribution in [3.63, 3.8) is 0 Å². The molecule has 1 fully saturated rings. The summed E-state index contributed by atoms with van der Waals surface area (Å²) in [7, 11) is 13.9. The molecule has 2 aromatic rings. The average molecular weight is 1920 g/mol. The molecule has 44 heteroatoms. The lowest BCUT2D eigenvalue weighted by molar-refractivity contribution is -0.150. The third kappa shape index (κ3) is 48.0. The molecule has 1 aliphatic heterocycles. The minimum atomic E-state index is -0.809. The number of nitrogens with two attached hydrogens (primary N) is 1. The monoisotopic (exact) mass is 1920 g/mol. The Balaban J connectivity index is 1.86. The summed E-state index contributed by atoms with van der Waals surface area (Å²) in [6.45, 7) is -4.23. The van der Waals surface area contributed by atoms with Crippen molar-refractivity contribution in [2.75, 3.05) is 326 Å². The first-order valence-electron chi connectivity index (χ1n) is 44.9. The van der Waals surface area contributed by atoms with Gasteiger partial charge in [0.1, 0.15) is 0 Å². The standard InChI is InChI=1S/C90H147N15O28S/c1-70(2)67-133-68-73(106)69-134-74-54-78(110)105(90(74)122)33-29-76(108)92-30-21-15-20-26-77(109)96(35-45-124-4)58-84(116)97(36-46-125-5)59-79(111)93(31-27-71-22-16-13-17-23-71)56-83(115)101(40-50-129-9)63-87(119)103(42-52-131-11)65-89(121)104(43-53-132-12)66-88(120)102(41-51-130-10)64-85(117)98(37-47-126-6)60-80(112)94(32-28-72-24-18-14-19-25-72)57-82(114)100(39-49-128-8)62-86(118)99(38-48-127-7)61-81(113)95(34-44-123-3)55-75(91)107/h13-14,16-19,22-25,70,73-74,106H,15,20-21,26-69H2,1-12H3,(H2,91,107)(H,92,108). The molecule has 1 heterocycles. The van der Waals surface area contributed by atoms with Gasteiger partial charge in [-0.1, -0.05) is 80.9 Å². The second-order valence-electron chi connectivity index (χ2n) is 32.1. The van der Waals surface area contributed by atoms with E-state index < -0.39 is 173 Å². The van der Waals surface area contributed by atoms with Gasteiger partial charge in [-0.3, -0.25) is 81.6 Å². The molecular weight excluding hydrogens is 1770 g/mol. The fourth-order valence-corrected chi connectivity index (χ4v) is 14.5. The molecule has 0 aliphatic carbocycles. The minimum absolute atomic E-state index is 0.00727. The van der Waals surface area contributed by atoms with E-state index in [0.717, 1.165) is 40.5 Å².